The van der Waals surface area contributed by atoms with Crippen molar-refractivity contribution >= 4 is 32.7 Å². The average Bonchev–Trinajstić information content (AvgIpc) is 3.18. The highest BCUT2D eigenvalue weighted by Gasteiger charge is 2.12. The van der Waals surface area contributed by atoms with Crippen LogP contribution in [0, 0.1) is 13.8 Å². The number of carbonyl (C=O) groups excluding carboxylic acids is 1. The predicted octanol–water partition coefficient (Wildman–Crippen LogP) is 2.41. The first-order chi connectivity index (χ1) is 15.8. The summed E-state index contributed by atoms with van der Waals surface area (Å²) >= 11 is 1.37. The summed E-state index contributed by atoms with van der Waals surface area (Å²) in [4.78, 5) is 49.2. The number of aryl methyl sites for hydroxylation is 2. The van der Waals surface area contributed by atoms with Crippen LogP contribution in [0.15, 0.2) is 57.0 Å². The standard InChI is InChI=1S/C23H23N5O4S/c1-14-4-7-16(8-5-14)13-28-20(25-21-24-17-9-6-15(2)12-18(17)33-21)26-22(30)27(23(28)31)11-10-19(29)32-3/h4-9,12H,10-11,13H2,1-3H3,(H,24,25,26,30). The van der Waals surface area contributed by atoms with E-state index in [9.17, 15) is 14.4 Å². The second-order valence-electron chi connectivity index (χ2n) is 7.67. The van der Waals surface area contributed by atoms with Crippen molar-refractivity contribution in [2.24, 2.45) is 4.99 Å². The Morgan fingerprint density at radius 3 is 2.55 bits per heavy atom. The van der Waals surface area contributed by atoms with Crippen molar-refractivity contribution in [3.05, 3.63) is 85.7 Å². The number of methoxy groups -OCH3 is 1. The number of aromatic amines is 1. The molecule has 2 heterocycles. The average molecular weight is 466 g/mol. The van der Waals surface area contributed by atoms with Crippen molar-refractivity contribution in [1.82, 2.24) is 19.1 Å². The third kappa shape index (κ3) is 5.01. The zero-order valence-corrected chi connectivity index (χ0v) is 19.3. The third-order valence-corrected chi connectivity index (χ3v) is 6.06. The van der Waals surface area contributed by atoms with Crippen LogP contribution in [0.1, 0.15) is 23.1 Å². The summed E-state index contributed by atoms with van der Waals surface area (Å²) in [5.41, 5.74) is 2.73. The molecule has 4 aromatic rings. The Morgan fingerprint density at radius 2 is 1.82 bits per heavy atom. The number of benzene rings is 2. The smallest absolute Gasteiger partial charge is 0.335 e. The van der Waals surface area contributed by atoms with E-state index in [1.807, 2.05) is 56.3 Å². The lowest BCUT2D eigenvalue weighted by molar-refractivity contribution is -0.140. The highest BCUT2D eigenvalue weighted by Crippen LogP contribution is 2.28. The minimum absolute atomic E-state index is 0.0932. The van der Waals surface area contributed by atoms with Gasteiger partial charge in [-0.1, -0.05) is 47.2 Å². The van der Waals surface area contributed by atoms with Crippen LogP contribution < -0.4 is 17.0 Å². The normalized spacial score (nSPS) is 11.8. The Bertz CT molecular complexity index is 1510. The number of ether oxygens (including phenoxy) is 1. The molecule has 170 valence electrons. The number of hydrogen-bond acceptors (Lipinski definition) is 7. The lowest BCUT2D eigenvalue weighted by Gasteiger charge is -2.10. The van der Waals surface area contributed by atoms with Gasteiger partial charge < -0.3 is 4.74 Å². The fraction of sp³-hybridized carbons (Fsp3) is 0.261. The molecule has 33 heavy (non-hydrogen) atoms. The molecule has 0 saturated heterocycles. The summed E-state index contributed by atoms with van der Waals surface area (Å²) < 4.78 is 7.95. The van der Waals surface area contributed by atoms with E-state index < -0.39 is 17.3 Å². The Morgan fingerprint density at radius 1 is 1.09 bits per heavy atom. The molecule has 10 heteroatoms. The number of rotatable bonds is 6. The minimum Gasteiger partial charge on any atom is -0.469 e. The summed E-state index contributed by atoms with van der Waals surface area (Å²) in [5.74, 6) is -0.509. The van der Waals surface area contributed by atoms with Crippen LogP contribution in [0.5, 0.6) is 0 Å². The van der Waals surface area contributed by atoms with Gasteiger partial charge in [0.15, 0.2) is 0 Å². The van der Waals surface area contributed by atoms with Crippen molar-refractivity contribution in [3.8, 4) is 0 Å². The van der Waals surface area contributed by atoms with E-state index in [0.717, 1.165) is 31.5 Å². The second kappa shape index (κ2) is 9.37. The predicted molar refractivity (Wildman–Crippen MR) is 126 cm³/mol. The van der Waals surface area contributed by atoms with E-state index in [4.69, 9.17) is 0 Å². The lowest BCUT2D eigenvalue weighted by Crippen LogP contribution is -2.50. The van der Waals surface area contributed by atoms with Crippen LogP contribution >= 0.6 is 11.3 Å². The van der Waals surface area contributed by atoms with Gasteiger partial charge in [-0.15, -0.1) is 0 Å². The quantitative estimate of drug-likeness (QED) is 0.440. The van der Waals surface area contributed by atoms with E-state index in [1.165, 1.54) is 23.0 Å². The number of nitrogens with one attached hydrogen (secondary N) is 1. The van der Waals surface area contributed by atoms with Crippen molar-refractivity contribution < 1.29 is 9.53 Å². The summed E-state index contributed by atoms with van der Waals surface area (Å²) in [6.45, 7) is 4.07. The Labute approximate surface area is 192 Å². The molecular weight excluding hydrogens is 442 g/mol. The maximum atomic E-state index is 13.3. The highest BCUT2D eigenvalue weighted by molar-refractivity contribution is 7.21. The minimum atomic E-state index is -0.653. The molecule has 0 unspecified atom stereocenters. The zero-order valence-electron chi connectivity index (χ0n) is 18.5. The number of fused-ring (bicyclic) bond motifs is 1. The molecule has 0 amide bonds. The van der Waals surface area contributed by atoms with Gasteiger partial charge in [0, 0.05) is 6.54 Å². The topological polar surface area (TPSA) is 111 Å². The van der Waals surface area contributed by atoms with Crippen LogP contribution in [0.4, 0.5) is 5.13 Å². The molecule has 1 N–H and O–H groups in total. The SMILES string of the molecule is COC(=O)CCn1c(=O)[nH]/c(=N\c2nc3ccc(C)cc3s2)n(Cc2ccc(C)cc2)c1=O. The molecule has 0 aliphatic rings. The van der Waals surface area contributed by atoms with Gasteiger partial charge in [-0.05, 0) is 37.1 Å². The molecule has 0 aliphatic heterocycles. The van der Waals surface area contributed by atoms with Crippen LogP contribution in [0.25, 0.3) is 10.2 Å². The van der Waals surface area contributed by atoms with E-state index >= 15 is 0 Å². The summed E-state index contributed by atoms with van der Waals surface area (Å²) in [5, 5.41) is 0.426. The van der Waals surface area contributed by atoms with E-state index in [2.05, 4.69) is 19.7 Å². The molecule has 0 saturated carbocycles. The van der Waals surface area contributed by atoms with Crippen molar-refractivity contribution in [3.63, 3.8) is 0 Å². The second-order valence-corrected chi connectivity index (χ2v) is 8.67. The maximum Gasteiger partial charge on any atom is 0.335 e. The number of H-pyrrole nitrogens is 1. The first kappa shape index (κ1) is 22.4. The molecule has 9 nitrogen and oxygen atoms in total. The van der Waals surface area contributed by atoms with Crippen molar-refractivity contribution in [1.29, 1.82) is 0 Å². The van der Waals surface area contributed by atoms with Crippen molar-refractivity contribution in [2.45, 2.75) is 33.4 Å². The van der Waals surface area contributed by atoms with Gasteiger partial charge in [-0.25, -0.2) is 19.1 Å². The molecule has 2 aromatic carbocycles. The van der Waals surface area contributed by atoms with Crippen LogP contribution in [-0.4, -0.2) is 32.2 Å². The first-order valence-electron chi connectivity index (χ1n) is 10.3. The van der Waals surface area contributed by atoms with Gasteiger partial charge in [-0.2, -0.15) is 4.99 Å². The largest absolute Gasteiger partial charge is 0.469 e. The molecule has 0 aliphatic carbocycles. The molecule has 0 radical (unpaired) electrons. The molecule has 0 spiro atoms. The van der Waals surface area contributed by atoms with Gasteiger partial charge in [0.1, 0.15) is 0 Å². The monoisotopic (exact) mass is 465 g/mol. The van der Waals surface area contributed by atoms with E-state index in [0.29, 0.717) is 5.13 Å². The molecule has 0 atom stereocenters. The number of carbonyl (C=O) groups is 1. The van der Waals surface area contributed by atoms with Gasteiger partial charge >= 0.3 is 17.3 Å². The highest BCUT2D eigenvalue weighted by atomic mass is 32.1. The fourth-order valence-electron chi connectivity index (χ4n) is 3.32. The molecule has 0 bridgehead atoms. The summed E-state index contributed by atoms with van der Waals surface area (Å²) in [7, 11) is 1.26. The molecular formula is C23H23N5O4S. The third-order valence-electron chi connectivity index (χ3n) is 5.14. The number of thiazole rings is 1. The maximum absolute atomic E-state index is 13.3. The Balaban J connectivity index is 1.85. The van der Waals surface area contributed by atoms with Gasteiger partial charge in [-0.3, -0.25) is 14.3 Å². The van der Waals surface area contributed by atoms with Crippen LogP contribution in [0.3, 0.4) is 0 Å². The van der Waals surface area contributed by atoms with Gasteiger partial charge in [0.05, 0.1) is 30.3 Å². The lowest BCUT2D eigenvalue weighted by atomic mass is 10.1. The number of aromatic nitrogens is 4. The molecule has 2 aromatic heterocycles. The fourth-order valence-corrected chi connectivity index (χ4v) is 4.26. The first-order valence-corrected chi connectivity index (χ1v) is 11.1. The van der Waals surface area contributed by atoms with E-state index in [-0.39, 0.29) is 25.1 Å². The summed E-state index contributed by atoms with van der Waals surface area (Å²) in [6, 6.07) is 13.6. The summed E-state index contributed by atoms with van der Waals surface area (Å²) in [6.07, 6.45) is -0.0995. The molecule has 4 rings (SSSR count). The number of hydrogen-bond donors (Lipinski definition) is 1. The number of nitrogens with zero attached hydrogens (tertiary/aromatic N) is 4. The van der Waals surface area contributed by atoms with E-state index in [1.54, 1.807) is 0 Å². The number of esters is 1. The van der Waals surface area contributed by atoms with Crippen LogP contribution in [-0.2, 0) is 22.6 Å². The zero-order chi connectivity index (χ0) is 23.5. The van der Waals surface area contributed by atoms with Crippen LogP contribution in [0.2, 0.25) is 0 Å². The Hall–Kier alpha value is -3.79. The molecule has 0 fully saturated rings. The van der Waals surface area contributed by atoms with Gasteiger partial charge in [0.25, 0.3) is 0 Å². The Kier molecular flexibility index (Phi) is 6.36. The van der Waals surface area contributed by atoms with Gasteiger partial charge in [0.2, 0.25) is 10.7 Å². The van der Waals surface area contributed by atoms with Crippen molar-refractivity contribution in [2.75, 3.05) is 7.11 Å².